The molecular weight excluding hydrogens is 273 g/mol. The lowest BCUT2D eigenvalue weighted by Crippen LogP contribution is -2.61. The van der Waals surface area contributed by atoms with E-state index >= 15 is 0 Å². The third-order valence-electron chi connectivity index (χ3n) is 4.63. The Bertz CT molecular complexity index is 720. The standard InChI is InChI=1S/C16H18FNO3/c1-8-10-6-9(17)4-5-11(10)21-14(8)15(20)18-12-7-13(19)16(12,2)3/h4-6,12-13,19H,7H2,1-3H3,(H,18,20). The summed E-state index contributed by atoms with van der Waals surface area (Å²) in [5.41, 5.74) is 0.772. The summed E-state index contributed by atoms with van der Waals surface area (Å²) in [6.07, 6.45) is 0.126. The summed E-state index contributed by atoms with van der Waals surface area (Å²) in [6.45, 7) is 5.56. The second-order valence-electron chi connectivity index (χ2n) is 6.30. The topological polar surface area (TPSA) is 62.5 Å². The fourth-order valence-electron chi connectivity index (χ4n) is 2.78. The molecule has 1 fully saturated rings. The second kappa shape index (κ2) is 4.56. The molecule has 0 spiro atoms. The lowest BCUT2D eigenvalue weighted by Gasteiger charge is -2.49. The lowest BCUT2D eigenvalue weighted by molar-refractivity contribution is -0.0691. The molecule has 0 bridgehead atoms. The van der Waals surface area contributed by atoms with E-state index in [4.69, 9.17) is 4.42 Å². The summed E-state index contributed by atoms with van der Waals surface area (Å²) in [7, 11) is 0. The van der Waals surface area contributed by atoms with Crippen molar-refractivity contribution in [2.24, 2.45) is 5.41 Å². The average molecular weight is 291 g/mol. The summed E-state index contributed by atoms with van der Waals surface area (Å²) in [6, 6.07) is 4.09. The first-order chi connectivity index (χ1) is 9.80. The zero-order valence-corrected chi connectivity index (χ0v) is 12.2. The molecule has 21 heavy (non-hydrogen) atoms. The first-order valence-corrected chi connectivity index (χ1v) is 6.98. The molecule has 2 atom stereocenters. The van der Waals surface area contributed by atoms with Gasteiger partial charge in [-0.1, -0.05) is 13.8 Å². The number of hydrogen-bond donors (Lipinski definition) is 2. The SMILES string of the molecule is Cc1c(C(=O)NC2CC(O)C2(C)C)oc2ccc(F)cc12. The number of fused-ring (bicyclic) bond motifs is 1. The van der Waals surface area contributed by atoms with E-state index in [1.165, 1.54) is 18.2 Å². The summed E-state index contributed by atoms with van der Waals surface area (Å²) < 4.78 is 18.8. The number of rotatable bonds is 2. The van der Waals surface area contributed by atoms with Gasteiger partial charge < -0.3 is 14.8 Å². The van der Waals surface area contributed by atoms with Gasteiger partial charge in [-0.15, -0.1) is 0 Å². The van der Waals surface area contributed by atoms with Crippen LogP contribution >= 0.6 is 0 Å². The number of carbonyl (C=O) groups excluding carboxylic acids is 1. The van der Waals surface area contributed by atoms with E-state index in [2.05, 4.69) is 5.32 Å². The van der Waals surface area contributed by atoms with Crippen molar-refractivity contribution in [2.75, 3.05) is 0 Å². The Morgan fingerprint density at radius 2 is 2.19 bits per heavy atom. The van der Waals surface area contributed by atoms with E-state index in [1.54, 1.807) is 6.92 Å². The lowest BCUT2D eigenvalue weighted by atomic mass is 9.64. The highest BCUT2D eigenvalue weighted by molar-refractivity contribution is 5.99. The van der Waals surface area contributed by atoms with E-state index in [0.29, 0.717) is 23.0 Å². The van der Waals surface area contributed by atoms with Crippen LogP contribution in [0.5, 0.6) is 0 Å². The van der Waals surface area contributed by atoms with Crippen molar-refractivity contribution < 1.29 is 18.7 Å². The predicted octanol–water partition coefficient (Wildman–Crippen LogP) is 2.77. The van der Waals surface area contributed by atoms with Gasteiger partial charge in [0.05, 0.1) is 6.10 Å². The summed E-state index contributed by atoms with van der Waals surface area (Å²) in [4.78, 5) is 12.3. The molecule has 3 rings (SSSR count). The largest absolute Gasteiger partial charge is 0.451 e. The first kappa shape index (κ1) is 14.1. The fourth-order valence-corrected chi connectivity index (χ4v) is 2.78. The van der Waals surface area contributed by atoms with Crippen LogP contribution in [0.3, 0.4) is 0 Å². The minimum Gasteiger partial charge on any atom is -0.451 e. The highest BCUT2D eigenvalue weighted by Gasteiger charge is 2.48. The molecule has 0 radical (unpaired) electrons. The van der Waals surface area contributed by atoms with Gasteiger partial charge in [0.1, 0.15) is 11.4 Å². The molecule has 4 nitrogen and oxygen atoms in total. The van der Waals surface area contributed by atoms with Crippen LogP contribution in [0.25, 0.3) is 11.0 Å². The molecule has 1 amide bonds. The zero-order valence-electron chi connectivity index (χ0n) is 12.2. The number of benzene rings is 1. The Balaban J connectivity index is 1.87. The number of furan rings is 1. The molecule has 1 aromatic carbocycles. The van der Waals surface area contributed by atoms with Gasteiger partial charge in [0.15, 0.2) is 5.76 Å². The Kier molecular flexibility index (Phi) is 3.06. The Morgan fingerprint density at radius 1 is 1.48 bits per heavy atom. The van der Waals surface area contributed by atoms with Crippen molar-refractivity contribution in [3.8, 4) is 0 Å². The number of aliphatic hydroxyl groups is 1. The molecule has 1 saturated carbocycles. The highest BCUT2D eigenvalue weighted by atomic mass is 19.1. The number of aryl methyl sites for hydroxylation is 1. The van der Waals surface area contributed by atoms with Gasteiger partial charge >= 0.3 is 0 Å². The Labute approximate surface area is 121 Å². The molecule has 0 saturated heterocycles. The molecule has 112 valence electrons. The van der Waals surface area contributed by atoms with Gasteiger partial charge in [0.2, 0.25) is 0 Å². The predicted molar refractivity (Wildman–Crippen MR) is 76.6 cm³/mol. The van der Waals surface area contributed by atoms with Crippen LogP contribution in [0, 0.1) is 18.2 Å². The van der Waals surface area contributed by atoms with Crippen LogP contribution in [0.1, 0.15) is 36.4 Å². The maximum atomic E-state index is 13.3. The van der Waals surface area contributed by atoms with Crippen molar-refractivity contribution in [3.05, 3.63) is 35.3 Å². The minimum absolute atomic E-state index is 0.0932. The summed E-state index contributed by atoms with van der Waals surface area (Å²) in [5, 5.41) is 13.2. The van der Waals surface area contributed by atoms with Gasteiger partial charge in [-0.3, -0.25) is 4.79 Å². The molecule has 1 aliphatic rings. The minimum atomic E-state index is -0.409. The van der Waals surface area contributed by atoms with Crippen LogP contribution < -0.4 is 5.32 Å². The van der Waals surface area contributed by atoms with Crippen LogP contribution in [-0.4, -0.2) is 23.2 Å². The number of hydrogen-bond acceptors (Lipinski definition) is 3. The molecular formula is C16H18FNO3. The van der Waals surface area contributed by atoms with Gasteiger partial charge in [-0.2, -0.15) is 0 Å². The third kappa shape index (κ3) is 2.12. The zero-order chi connectivity index (χ0) is 15.4. The van der Waals surface area contributed by atoms with Gasteiger partial charge in [0.25, 0.3) is 5.91 Å². The van der Waals surface area contributed by atoms with Crippen molar-refractivity contribution in [3.63, 3.8) is 0 Å². The number of halogens is 1. The van der Waals surface area contributed by atoms with Crippen molar-refractivity contribution in [1.82, 2.24) is 5.32 Å². The average Bonchev–Trinajstić information content (AvgIpc) is 2.75. The fraction of sp³-hybridized carbons (Fsp3) is 0.438. The monoisotopic (exact) mass is 291 g/mol. The molecule has 2 aromatic rings. The molecule has 2 N–H and O–H groups in total. The molecule has 1 heterocycles. The first-order valence-electron chi connectivity index (χ1n) is 6.98. The van der Waals surface area contributed by atoms with Gasteiger partial charge in [0, 0.05) is 22.4 Å². The number of nitrogens with one attached hydrogen (secondary N) is 1. The quantitative estimate of drug-likeness (QED) is 0.894. The molecule has 0 aliphatic heterocycles. The maximum absolute atomic E-state index is 13.3. The number of carbonyl (C=O) groups is 1. The molecule has 1 aromatic heterocycles. The van der Waals surface area contributed by atoms with Crippen LogP contribution in [0.15, 0.2) is 22.6 Å². The Hall–Kier alpha value is -1.88. The van der Waals surface area contributed by atoms with Crippen molar-refractivity contribution >= 4 is 16.9 Å². The van der Waals surface area contributed by atoms with Crippen molar-refractivity contribution in [2.45, 2.75) is 39.3 Å². The van der Waals surface area contributed by atoms with Gasteiger partial charge in [-0.05, 0) is 31.5 Å². The normalized spacial score (nSPS) is 23.9. The Morgan fingerprint density at radius 3 is 2.81 bits per heavy atom. The van der Waals surface area contributed by atoms with Crippen molar-refractivity contribution in [1.29, 1.82) is 0 Å². The maximum Gasteiger partial charge on any atom is 0.287 e. The third-order valence-corrected chi connectivity index (χ3v) is 4.63. The smallest absolute Gasteiger partial charge is 0.287 e. The van der Waals surface area contributed by atoms with Crippen LogP contribution in [-0.2, 0) is 0 Å². The summed E-state index contributed by atoms with van der Waals surface area (Å²) in [5.74, 6) is -0.483. The molecule has 5 heteroatoms. The van der Waals surface area contributed by atoms with Crippen LogP contribution in [0.4, 0.5) is 4.39 Å². The molecule has 1 aliphatic carbocycles. The highest BCUT2D eigenvalue weighted by Crippen LogP contribution is 2.40. The van der Waals surface area contributed by atoms with E-state index in [1.807, 2.05) is 13.8 Å². The van der Waals surface area contributed by atoms with E-state index < -0.39 is 6.10 Å². The summed E-state index contributed by atoms with van der Waals surface area (Å²) >= 11 is 0. The molecule has 2 unspecified atom stereocenters. The number of aliphatic hydroxyl groups excluding tert-OH is 1. The number of amides is 1. The van der Waals surface area contributed by atoms with E-state index in [9.17, 15) is 14.3 Å². The van der Waals surface area contributed by atoms with Crippen LogP contribution in [0.2, 0.25) is 0 Å². The van der Waals surface area contributed by atoms with Gasteiger partial charge in [-0.25, -0.2) is 4.39 Å². The van der Waals surface area contributed by atoms with E-state index in [0.717, 1.165) is 0 Å². The van der Waals surface area contributed by atoms with E-state index in [-0.39, 0.29) is 28.9 Å². The second-order valence-corrected chi connectivity index (χ2v) is 6.30.